The maximum absolute atomic E-state index is 13.1. The number of ether oxygens (including phenoxy) is 1. The van der Waals surface area contributed by atoms with E-state index in [1.807, 2.05) is 0 Å². The van der Waals surface area contributed by atoms with E-state index >= 15 is 0 Å². The van der Waals surface area contributed by atoms with E-state index < -0.39 is 39.2 Å². The number of carbonyl (C=O) groups excluding carboxylic acids is 2. The number of nitrogens with two attached hydrogens (primary N) is 1. The number of β-lactam (4-membered cyclic amide) rings is 1. The maximum atomic E-state index is 13.1. The number of rotatable bonds is 10. The van der Waals surface area contributed by atoms with Crippen molar-refractivity contribution in [1.82, 2.24) is 19.9 Å². The molecular weight excluding hydrogens is 572 g/mol. The Morgan fingerprint density at radius 2 is 2.08 bits per heavy atom. The lowest BCUT2D eigenvalue weighted by Crippen LogP contribution is -2.71. The Bertz CT molecular complexity index is 1500. The van der Waals surface area contributed by atoms with Gasteiger partial charge in [0.15, 0.2) is 10.8 Å². The highest BCUT2D eigenvalue weighted by molar-refractivity contribution is 8.00. The van der Waals surface area contributed by atoms with Crippen LogP contribution in [0.4, 0.5) is 5.13 Å². The van der Waals surface area contributed by atoms with Gasteiger partial charge in [-0.05, 0) is 36.4 Å². The number of sulfonamides is 1. The summed E-state index contributed by atoms with van der Waals surface area (Å²) in [7, 11) is 0.185. The van der Waals surface area contributed by atoms with Crippen LogP contribution in [0, 0.1) is 0 Å². The molecule has 39 heavy (non-hydrogen) atoms. The summed E-state index contributed by atoms with van der Waals surface area (Å²) in [5.41, 5.74) is 6.22. The summed E-state index contributed by atoms with van der Waals surface area (Å²) < 4.78 is 32.2. The molecule has 17 heteroatoms. The van der Waals surface area contributed by atoms with Gasteiger partial charge in [0.05, 0.1) is 12.0 Å². The minimum absolute atomic E-state index is 0.0159. The average molecular weight is 597 g/mol. The molecular formula is C22H24N6O8S3. The lowest BCUT2D eigenvalue weighted by Gasteiger charge is -2.49. The molecule has 0 spiro atoms. The first kappa shape index (κ1) is 28.3. The third-order valence-electron chi connectivity index (χ3n) is 5.93. The number of carboxylic acid groups (broad SMARTS) is 1. The second-order valence-electron chi connectivity index (χ2n) is 8.17. The first-order valence-electron chi connectivity index (χ1n) is 11.2. The Hall–Kier alpha value is -3.67. The number of aliphatic carboxylic acids is 1. The zero-order valence-electron chi connectivity index (χ0n) is 20.8. The second-order valence-corrected chi connectivity index (χ2v) is 12.1. The van der Waals surface area contributed by atoms with Crippen molar-refractivity contribution < 1.29 is 37.5 Å². The maximum Gasteiger partial charge on any atom is 0.352 e. The number of amides is 2. The number of nitrogens with one attached hydrogen (secondary N) is 2. The minimum Gasteiger partial charge on any atom is -0.496 e. The molecule has 0 radical (unpaired) electrons. The van der Waals surface area contributed by atoms with Crippen LogP contribution in [0.25, 0.3) is 0 Å². The molecule has 0 bridgehead atoms. The number of nitrogens with zero attached hydrogens (tertiary/aromatic N) is 3. The van der Waals surface area contributed by atoms with Crippen LogP contribution in [-0.4, -0.2) is 85.3 Å². The summed E-state index contributed by atoms with van der Waals surface area (Å²) in [4.78, 5) is 48.2. The number of anilines is 1. The molecule has 2 amide bonds. The molecule has 1 fully saturated rings. The number of thiazole rings is 1. The molecule has 3 heterocycles. The number of oxime groups is 1. The number of methoxy groups -OCH3 is 1. The van der Waals surface area contributed by atoms with Gasteiger partial charge < -0.3 is 25.7 Å². The molecule has 4 rings (SSSR count). The minimum atomic E-state index is -3.76. The fraction of sp³-hybridized carbons (Fsp3) is 0.318. The fourth-order valence-corrected chi connectivity index (χ4v) is 6.80. The molecule has 2 atom stereocenters. The highest BCUT2D eigenvalue weighted by atomic mass is 32.2. The monoisotopic (exact) mass is 596 g/mol. The molecule has 1 aromatic carbocycles. The third-order valence-corrected chi connectivity index (χ3v) is 9.36. The Balaban J connectivity index is 1.60. The van der Waals surface area contributed by atoms with Gasteiger partial charge in [0.1, 0.15) is 35.7 Å². The number of hydrogen-bond donors (Lipinski definition) is 4. The van der Waals surface area contributed by atoms with Crippen LogP contribution in [0.5, 0.6) is 5.75 Å². The zero-order chi connectivity index (χ0) is 28.5. The van der Waals surface area contributed by atoms with E-state index in [0.29, 0.717) is 16.9 Å². The zero-order valence-corrected chi connectivity index (χ0v) is 23.3. The van der Waals surface area contributed by atoms with E-state index in [1.54, 1.807) is 0 Å². The molecule has 2 aliphatic heterocycles. The summed E-state index contributed by atoms with van der Waals surface area (Å²) in [6.45, 7) is 0. The van der Waals surface area contributed by atoms with E-state index in [2.05, 4.69) is 20.2 Å². The summed E-state index contributed by atoms with van der Waals surface area (Å²) in [5, 5.41) is 17.3. The van der Waals surface area contributed by atoms with Crippen molar-refractivity contribution in [3.05, 3.63) is 46.1 Å². The van der Waals surface area contributed by atoms with Crippen molar-refractivity contribution in [3.8, 4) is 5.75 Å². The second kappa shape index (κ2) is 11.2. The summed E-state index contributed by atoms with van der Waals surface area (Å²) in [6, 6.07) is 3.24. The molecule has 1 aromatic heterocycles. The predicted molar refractivity (Wildman–Crippen MR) is 143 cm³/mol. The van der Waals surface area contributed by atoms with Crippen LogP contribution < -0.4 is 20.5 Å². The van der Waals surface area contributed by atoms with Gasteiger partial charge in [-0.25, -0.2) is 22.9 Å². The van der Waals surface area contributed by atoms with E-state index in [0.717, 1.165) is 16.2 Å². The molecule has 1 saturated heterocycles. The van der Waals surface area contributed by atoms with Crippen LogP contribution in [0.1, 0.15) is 11.3 Å². The molecule has 0 aliphatic carbocycles. The normalized spacial score (nSPS) is 19.3. The Morgan fingerprint density at radius 3 is 2.67 bits per heavy atom. The first-order valence-corrected chi connectivity index (χ1v) is 14.6. The number of nitrogen functional groups attached to an aromatic ring is 1. The summed E-state index contributed by atoms with van der Waals surface area (Å²) in [6.07, 6.45) is 0.0221. The number of thioether (sulfide) groups is 1. The molecule has 2 unspecified atom stereocenters. The van der Waals surface area contributed by atoms with Crippen molar-refractivity contribution in [1.29, 1.82) is 0 Å². The van der Waals surface area contributed by atoms with Crippen LogP contribution in [0.3, 0.4) is 0 Å². The number of fused-ring (bicyclic) bond motifs is 1. The van der Waals surface area contributed by atoms with Gasteiger partial charge in [0.25, 0.3) is 11.8 Å². The Kier molecular flexibility index (Phi) is 8.15. The molecule has 2 aromatic rings. The number of hydrogen-bond acceptors (Lipinski definition) is 12. The van der Waals surface area contributed by atoms with Gasteiger partial charge in [0.2, 0.25) is 10.0 Å². The number of carboxylic acids is 1. The summed E-state index contributed by atoms with van der Waals surface area (Å²) >= 11 is 2.36. The number of carbonyl (C=O) groups is 3. The van der Waals surface area contributed by atoms with Gasteiger partial charge in [0, 0.05) is 17.6 Å². The molecule has 14 nitrogen and oxygen atoms in total. The van der Waals surface area contributed by atoms with Crippen LogP contribution >= 0.6 is 23.1 Å². The Labute approximate surface area is 231 Å². The van der Waals surface area contributed by atoms with E-state index in [9.17, 15) is 27.9 Å². The van der Waals surface area contributed by atoms with Crippen molar-refractivity contribution in [2.45, 2.75) is 22.7 Å². The SMILES string of the molecule is CNS(=O)(=O)c1ccc(OC)c(CC2=C(C(=O)O)N3C(=O)C(NC(=O)C(=NOC)c4csc(N)n4)C3SC2)c1. The predicted octanol–water partition coefficient (Wildman–Crippen LogP) is -0.0262. The highest BCUT2D eigenvalue weighted by Gasteiger charge is 2.54. The van der Waals surface area contributed by atoms with Gasteiger partial charge in [-0.1, -0.05) is 5.16 Å². The van der Waals surface area contributed by atoms with Gasteiger partial charge in [-0.2, -0.15) is 0 Å². The summed E-state index contributed by atoms with van der Waals surface area (Å²) in [5.74, 6) is -2.12. The lowest BCUT2D eigenvalue weighted by molar-refractivity contribution is -0.150. The van der Waals surface area contributed by atoms with E-state index in [1.165, 1.54) is 56.6 Å². The van der Waals surface area contributed by atoms with Crippen molar-refractivity contribution in [3.63, 3.8) is 0 Å². The quantitative estimate of drug-likeness (QED) is 0.163. The van der Waals surface area contributed by atoms with Crippen LogP contribution in [0.2, 0.25) is 0 Å². The van der Waals surface area contributed by atoms with Crippen molar-refractivity contribution >= 4 is 61.7 Å². The first-order chi connectivity index (χ1) is 18.5. The number of aromatic nitrogens is 1. The lowest BCUT2D eigenvalue weighted by atomic mass is 9.98. The molecule has 5 N–H and O–H groups in total. The number of benzene rings is 1. The standard InChI is InChI=1S/C22H24N6O8S3/c1-24-39(33,34)12-4-5-14(35-2)10(7-12)6-11-8-37-20-16(19(30)28(20)17(11)21(31)32)26-18(29)15(27-36-3)13-9-38-22(23)25-13/h4-5,7,9,16,20,24H,6,8H2,1-3H3,(H2,23,25)(H,26,29)(H,31,32). The molecule has 208 valence electrons. The fourth-order valence-electron chi connectivity index (χ4n) is 4.13. The van der Waals surface area contributed by atoms with Gasteiger partial charge in [-0.3, -0.25) is 14.5 Å². The largest absolute Gasteiger partial charge is 0.496 e. The van der Waals surface area contributed by atoms with Crippen molar-refractivity contribution in [2.75, 3.05) is 32.8 Å². The highest BCUT2D eigenvalue weighted by Crippen LogP contribution is 2.42. The van der Waals surface area contributed by atoms with E-state index in [4.69, 9.17) is 15.3 Å². The smallest absolute Gasteiger partial charge is 0.352 e. The Morgan fingerprint density at radius 1 is 1.33 bits per heavy atom. The van der Waals surface area contributed by atoms with Crippen molar-refractivity contribution in [2.24, 2.45) is 5.16 Å². The van der Waals surface area contributed by atoms with Gasteiger partial charge in [-0.15, -0.1) is 23.1 Å². The topological polar surface area (TPSA) is 203 Å². The van der Waals surface area contributed by atoms with E-state index in [-0.39, 0.29) is 39.3 Å². The van der Waals surface area contributed by atoms with Gasteiger partial charge >= 0.3 is 5.97 Å². The third kappa shape index (κ3) is 5.42. The average Bonchev–Trinajstić information content (AvgIpc) is 3.35. The molecule has 0 saturated carbocycles. The van der Waals surface area contributed by atoms with Crippen LogP contribution in [-0.2, 0) is 35.7 Å². The van der Waals surface area contributed by atoms with Crippen LogP contribution in [0.15, 0.2) is 44.9 Å². The molecule has 2 aliphatic rings.